The fraction of sp³-hybridized carbons (Fsp3) is 0.320. The second kappa shape index (κ2) is 7.76. The van der Waals surface area contributed by atoms with Crippen LogP contribution in [-0.2, 0) is 0 Å². The number of hydrogen-bond donors (Lipinski definition) is 2. The zero-order valence-corrected chi connectivity index (χ0v) is 20.4. The topological polar surface area (TPSA) is 91.8 Å². The summed E-state index contributed by atoms with van der Waals surface area (Å²) in [6, 6.07) is 9.32. The van der Waals surface area contributed by atoms with E-state index in [0.29, 0.717) is 40.4 Å². The minimum Gasteiger partial charge on any atom is -0.456 e. The van der Waals surface area contributed by atoms with Gasteiger partial charge in [-0.1, -0.05) is 0 Å². The number of carbonyl (C=O) groups excluding carboxylic acids is 2. The molecule has 1 saturated heterocycles. The number of rotatable bonds is 4. The predicted octanol–water partition coefficient (Wildman–Crippen LogP) is 4.71. The van der Waals surface area contributed by atoms with E-state index in [2.05, 4.69) is 10.3 Å². The molecular formula is C25H23N3O4S2. The molecule has 9 heteroatoms. The molecule has 1 aliphatic heterocycles. The number of aliphatic hydroxyl groups excluding tert-OH is 1. The maximum atomic E-state index is 13.3. The minimum atomic E-state index is -0.412. The Morgan fingerprint density at radius 2 is 2.09 bits per heavy atom. The third-order valence-electron chi connectivity index (χ3n) is 6.89. The summed E-state index contributed by atoms with van der Waals surface area (Å²) in [7, 11) is 1.63. The number of hydrogen-bond acceptors (Lipinski definition) is 7. The summed E-state index contributed by atoms with van der Waals surface area (Å²) >= 11 is 2.93. The Morgan fingerprint density at radius 1 is 1.26 bits per heavy atom. The number of aliphatic hydroxyl groups is 1. The van der Waals surface area contributed by atoms with Gasteiger partial charge in [0.05, 0.1) is 32.3 Å². The van der Waals surface area contributed by atoms with E-state index in [1.165, 1.54) is 11.3 Å². The van der Waals surface area contributed by atoms with Crippen molar-refractivity contribution in [3.05, 3.63) is 51.8 Å². The number of aromatic nitrogens is 1. The Bertz CT molecular complexity index is 1480. The molecule has 2 N–H and O–H groups in total. The lowest BCUT2D eigenvalue weighted by atomic mass is 10.1. The normalized spacial score (nSPS) is 21.5. The van der Waals surface area contributed by atoms with Crippen molar-refractivity contribution in [2.45, 2.75) is 37.8 Å². The molecule has 1 spiro atoms. The number of pyridine rings is 1. The van der Waals surface area contributed by atoms with E-state index >= 15 is 0 Å². The van der Waals surface area contributed by atoms with Gasteiger partial charge in [-0.15, -0.1) is 22.7 Å². The van der Waals surface area contributed by atoms with Gasteiger partial charge in [-0.25, -0.2) is 0 Å². The second-order valence-electron chi connectivity index (χ2n) is 8.89. The monoisotopic (exact) mass is 493 g/mol. The van der Waals surface area contributed by atoms with Crippen molar-refractivity contribution in [2.24, 2.45) is 0 Å². The SMILES string of the molecule is CNC(=O)c1c(C)sc2cc(Oc3ccnc4cc(C(=O)N5CCCC56C[C@@H]6O)sc34)ccc12. The highest BCUT2D eigenvalue weighted by molar-refractivity contribution is 7.21. The van der Waals surface area contributed by atoms with Crippen molar-refractivity contribution in [3.8, 4) is 11.5 Å². The summed E-state index contributed by atoms with van der Waals surface area (Å²) in [5.74, 6) is 1.16. The zero-order chi connectivity index (χ0) is 23.6. The van der Waals surface area contributed by atoms with Gasteiger partial charge in [0, 0.05) is 47.2 Å². The summed E-state index contributed by atoms with van der Waals surface area (Å²) in [5, 5.41) is 13.7. The Kier molecular flexibility index (Phi) is 4.91. The van der Waals surface area contributed by atoms with Crippen LogP contribution in [0.2, 0.25) is 0 Å². The predicted molar refractivity (Wildman–Crippen MR) is 133 cm³/mol. The highest BCUT2D eigenvalue weighted by Crippen LogP contribution is 2.50. The smallest absolute Gasteiger partial charge is 0.264 e. The van der Waals surface area contributed by atoms with Crippen LogP contribution in [0.5, 0.6) is 11.5 Å². The lowest BCUT2D eigenvalue weighted by Gasteiger charge is -2.23. The van der Waals surface area contributed by atoms with E-state index in [1.807, 2.05) is 36.1 Å². The Balaban J connectivity index is 1.32. The molecule has 174 valence electrons. The first-order valence-electron chi connectivity index (χ1n) is 11.2. The van der Waals surface area contributed by atoms with Crippen LogP contribution in [0.1, 0.15) is 44.2 Å². The number of carbonyl (C=O) groups is 2. The maximum absolute atomic E-state index is 13.3. The molecule has 2 aliphatic rings. The van der Waals surface area contributed by atoms with Crippen LogP contribution in [0.15, 0.2) is 36.5 Å². The van der Waals surface area contributed by atoms with Crippen LogP contribution in [0.3, 0.4) is 0 Å². The number of aryl methyl sites for hydroxylation is 1. The van der Waals surface area contributed by atoms with Gasteiger partial charge in [0.15, 0.2) is 0 Å². The van der Waals surface area contributed by atoms with Gasteiger partial charge in [-0.3, -0.25) is 14.6 Å². The van der Waals surface area contributed by atoms with Crippen molar-refractivity contribution in [2.75, 3.05) is 13.6 Å². The van der Waals surface area contributed by atoms with Crippen molar-refractivity contribution < 1.29 is 19.4 Å². The number of amides is 2. The second-order valence-corrected chi connectivity index (χ2v) is 11.2. The van der Waals surface area contributed by atoms with E-state index in [0.717, 1.165) is 32.5 Å². The van der Waals surface area contributed by atoms with E-state index in [9.17, 15) is 14.7 Å². The summed E-state index contributed by atoms with van der Waals surface area (Å²) < 4.78 is 8.02. The molecule has 7 nitrogen and oxygen atoms in total. The van der Waals surface area contributed by atoms with Gasteiger partial charge in [-0.05, 0) is 44.0 Å². The van der Waals surface area contributed by atoms with Gasteiger partial charge in [0.2, 0.25) is 0 Å². The average molecular weight is 494 g/mol. The van der Waals surface area contributed by atoms with Gasteiger partial charge in [-0.2, -0.15) is 0 Å². The Labute approximate surface area is 204 Å². The number of fused-ring (bicyclic) bond motifs is 2. The zero-order valence-electron chi connectivity index (χ0n) is 18.8. The first-order chi connectivity index (χ1) is 16.4. The number of ether oxygens (including phenoxy) is 1. The number of likely N-dealkylation sites (tertiary alicyclic amines) is 1. The summed E-state index contributed by atoms with van der Waals surface area (Å²) in [6.45, 7) is 2.62. The van der Waals surface area contributed by atoms with Crippen LogP contribution in [-0.4, -0.2) is 52.0 Å². The molecule has 2 amide bonds. The number of nitrogens with one attached hydrogen (secondary N) is 1. The Hall–Kier alpha value is -3.01. The van der Waals surface area contributed by atoms with E-state index in [-0.39, 0.29) is 17.4 Å². The fourth-order valence-electron chi connectivity index (χ4n) is 5.07. The molecule has 34 heavy (non-hydrogen) atoms. The quantitative estimate of drug-likeness (QED) is 0.430. The molecule has 2 atom stereocenters. The molecular weight excluding hydrogens is 470 g/mol. The molecule has 0 radical (unpaired) electrons. The van der Waals surface area contributed by atoms with Crippen molar-refractivity contribution >= 4 is 54.8 Å². The standard InChI is InChI=1S/C25H23N3O4S2/c1-13-21(23(30)26-2)15-5-4-14(10-18(15)33-13)32-17-6-8-27-16-11-19(34-22(16)17)24(31)28-9-3-7-25(28)12-20(25)29/h4-6,8,10-11,20,29H,3,7,9,12H2,1-2H3,(H,26,30)/t20-,25?/m0/s1. The molecule has 2 fully saturated rings. The highest BCUT2D eigenvalue weighted by Gasteiger charge is 2.61. The van der Waals surface area contributed by atoms with Crippen LogP contribution >= 0.6 is 22.7 Å². The largest absolute Gasteiger partial charge is 0.456 e. The van der Waals surface area contributed by atoms with Crippen LogP contribution < -0.4 is 10.1 Å². The van der Waals surface area contributed by atoms with Crippen molar-refractivity contribution in [3.63, 3.8) is 0 Å². The summed E-state index contributed by atoms with van der Waals surface area (Å²) in [6.07, 6.45) is 3.72. The highest BCUT2D eigenvalue weighted by atomic mass is 32.1. The van der Waals surface area contributed by atoms with Gasteiger partial charge in [0.1, 0.15) is 11.5 Å². The molecule has 1 aliphatic carbocycles. The van der Waals surface area contributed by atoms with Crippen molar-refractivity contribution in [1.29, 1.82) is 0 Å². The van der Waals surface area contributed by atoms with Gasteiger partial charge in [0.25, 0.3) is 11.8 Å². The third kappa shape index (κ3) is 3.22. The average Bonchev–Trinajstić information content (AvgIpc) is 3.21. The van der Waals surface area contributed by atoms with E-state index in [4.69, 9.17) is 4.74 Å². The summed E-state index contributed by atoms with van der Waals surface area (Å²) in [5.41, 5.74) is 1.05. The third-order valence-corrected chi connectivity index (χ3v) is 9.08. The maximum Gasteiger partial charge on any atom is 0.264 e. The lowest BCUT2D eigenvalue weighted by Crippen LogP contribution is -2.39. The molecule has 1 aromatic carbocycles. The molecule has 3 aromatic heterocycles. The minimum absolute atomic E-state index is 0.0415. The van der Waals surface area contributed by atoms with Crippen LogP contribution in [0.25, 0.3) is 20.3 Å². The molecule has 6 rings (SSSR count). The molecule has 0 bridgehead atoms. The molecule has 1 saturated carbocycles. The number of thiophene rings is 2. The van der Waals surface area contributed by atoms with E-state index < -0.39 is 6.10 Å². The van der Waals surface area contributed by atoms with Gasteiger partial charge < -0.3 is 20.1 Å². The number of nitrogens with zero attached hydrogens (tertiary/aromatic N) is 2. The number of benzene rings is 1. The molecule has 4 aromatic rings. The molecule has 4 heterocycles. The van der Waals surface area contributed by atoms with Crippen molar-refractivity contribution in [1.82, 2.24) is 15.2 Å². The van der Waals surface area contributed by atoms with Gasteiger partial charge >= 0.3 is 0 Å². The first-order valence-corrected chi connectivity index (χ1v) is 12.9. The first kappa shape index (κ1) is 21.5. The van der Waals surface area contributed by atoms with E-state index in [1.54, 1.807) is 30.6 Å². The van der Waals surface area contributed by atoms with Crippen LogP contribution in [0, 0.1) is 6.92 Å². The molecule has 1 unspecified atom stereocenters. The summed E-state index contributed by atoms with van der Waals surface area (Å²) in [4.78, 5) is 33.4. The Morgan fingerprint density at radius 3 is 2.85 bits per heavy atom. The lowest BCUT2D eigenvalue weighted by molar-refractivity contribution is 0.0667. The van der Waals surface area contributed by atoms with Crippen LogP contribution in [0.4, 0.5) is 0 Å². The fourth-order valence-corrected chi connectivity index (χ4v) is 7.17.